The zero-order valence-electron chi connectivity index (χ0n) is 11.0. The van der Waals surface area contributed by atoms with Crippen molar-refractivity contribution in [2.45, 2.75) is 25.0 Å². The fourth-order valence-corrected chi connectivity index (χ4v) is 3.38. The number of carbonyl (C=O) groups is 1. The average Bonchev–Trinajstić information content (AvgIpc) is 2.88. The van der Waals surface area contributed by atoms with Crippen molar-refractivity contribution in [2.24, 2.45) is 0 Å². The normalized spacial score (nSPS) is 18.7. The van der Waals surface area contributed by atoms with Gasteiger partial charge in [-0.25, -0.2) is 0 Å². The van der Waals surface area contributed by atoms with Gasteiger partial charge in [0.25, 0.3) is 5.91 Å². The Kier molecular flexibility index (Phi) is 4.53. The van der Waals surface area contributed by atoms with Crippen molar-refractivity contribution in [1.82, 2.24) is 5.32 Å². The number of anilines is 1. The quantitative estimate of drug-likeness (QED) is 0.878. The molecule has 0 radical (unpaired) electrons. The molecule has 0 bridgehead atoms. The Morgan fingerprint density at radius 1 is 1.50 bits per heavy atom. The lowest BCUT2D eigenvalue weighted by Crippen LogP contribution is -2.30. The summed E-state index contributed by atoms with van der Waals surface area (Å²) < 4.78 is 0. The van der Waals surface area contributed by atoms with Gasteiger partial charge in [0, 0.05) is 30.1 Å². The van der Waals surface area contributed by atoms with Gasteiger partial charge < -0.3 is 10.6 Å². The van der Waals surface area contributed by atoms with Gasteiger partial charge in [-0.05, 0) is 49.3 Å². The number of nitrogens with one attached hydrogen (secondary N) is 2. The molecule has 0 spiro atoms. The van der Waals surface area contributed by atoms with Crippen LogP contribution in [-0.4, -0.2) is 30.5 Å². The molecule has 4 heteroatoms. The van der Waals surface area contributed by atoms with Crippen LogP contribution >= 0.6 is 11.8 Å². The van der Waals surface area contributed by atoms with Crippen molar-refractivity contribution in [3.05, 3.63) is 29.3 Å². The van der Waals surface area contributed by atoms with Gasteiger partial charge in [0.05, 0.1) is 0 Å². The first kappa shape index (κ1) is 13.3. The van der Waals surface area contributed by atoms with Crippen LogP contribution in [0.4, 0.5) is 5.69 Å². The van der Waals surface area contributed by atoms with Crippen LogP contribution < -0.4 is 10.6 Å². The lowest BCUT2D eigenvalue weighted by molar-refractivity contribution is 0.0953. The fraction of sp³-hybridized carbons (Fsp3) is 0.500. The topological polar surface area (TPSA) is 41.1 Å². The summed E-state index contributed by atoms with van der Waals surface area (Å²) >= 11 is 1.97. The smallest absolute Gasteiger partial charge is 0.251 e. The molecule has 1 aromatic carbocycles. The molecule has 1 aromatic rings. The summed E-state index contributed by atoms with van der Waals surface area (Å²) in [6, 6.07) is 5.82. The van der Waals surface area contributed by atoms with Crippen molar-refractivity contribution in [3.8, 4) is 0 Å². The number of hydrogen-bond donors (Lipinski definition) is 2. The molecule has 98 valence electrons. The lowest BCUT2D eigenvalue weighted by atomic mass is 10.1. The highest BCUT2D eigenvalue weighted by atomic mass is 32.2. The van der Waals surface area contributed by atoms with E-state index in [2.05, 4.69) is 10.6 Å². The number of aryl methyl sites for hydroxylation is 1. The summed E-state index contributed by atoms with van der Waals surface area (Å²) in [6.45, 7) is 2.76. The molecule has 1 aliphatic rings. The number of hydrogen-bond acceptors (Lipinski definition) is 3. The second-order valence-corrected chi connectivity index (χ2v) is 6.03. The maximum absolute atomic E-state index is 12.1. The Morgan fingerprint density at radius 2 is 2.33 bits per heavy atom. The van der Waals surface area contributed by atoms with E-state index in [0.717, 1.165) is 23.4 Å². The van der Waals surface area contributed by atoms with E-state index in [1.807, 2.05) is 43.9 Å². The van der Waals surface area contributed by atoms with Gasteiger partial charge in [0.15, 0.2) is 0 Å². The Balaban J connectivity index is 1.95. The lowest BCUT2D eigenvalue weighted by Gasteiger charge is -2.12. The first-order valence-electron chi connectivity index (χ1n) is 6.39. The molecule has 2 N–H and O–H groups in total. The Labute approximate surface area is 113 Å². The standard InChI is InChI=1S/C14H20N2OS/c1-10-8-11(15-2)5-6-13(10)14(17)16-9-12-4-3-7-18-12/h5-6,8,12,15H,3-4,7,9H2,1-2H3,(H,16,17). The zero-order valence-corrected chi connectivity index (χ0v) is 11.8. The number of rotatable bonds is 4. The second kappa shape index (κ2) is 6.14. The molecule has 3 nitrogen and oxygen atoms in total. The van der Waals surface area contributed by atoms with E-state index in [-0.39, 0.29) is 5.91 Å². The first-order chi connectivity index (χ1) is 8.70. The summed E-state index contributed by atoms with van der Waals surface area (Å²) in [6.07, 6.45) is 2.50. The van der Waals surface area contributed by atoms with Crippen LogP contribution in [-0.2, 0) is 0 Å². The summed E-state index contributed by atoms with van der Waals surface area (Å²) in [7, 11) is 1.88. The van der Waals surface area contributed by atoms with Crippen molar-refractivity contribution >= 4 is 23.4 Å². The molecule has 2 rings (SSSR count). The van der Waals surface area contributed by atoms with Crippen LogP contribution in [0.2, 0.25) is 0 Å². The first-order valence-corrected chi connectivity index (χ1v) is 7.44. The third kappa shape index (κ3) is 3.19. The van der Waals surface area contributed by atoms with Gasteiger partial charge in [-0.15, -0.1) is 0 Å². The maximum atomic E-state index is 12.1. The summed E-state index contributed by atoms with van der Waals surface area (Å²) in [4.78, 5) is 12.1. The van der Waals surface area contributed by atoms with Crippen molar-refractivity contribution < 1.29 is 4.79 Å². The minimum Gasteiger partial charge on any atom is -0.388 e. The van der Waals surface area contributed by atoms with Gasteiger partial charge in [0.2, 0.25) is 0 Å². The van der Waals surface area contributed by atoms with Crippen molar-refractivity contribution in [3.63, 3.8) is 0 Å². The van der Waals surface area contributed by atoms with Crippen molar-refractivity contribution in [1.29, 1.82) is 0 Å². The molecule has 0 aliphatic carbocycles. The predicted molar refractivity (Wildman–Crippen MR) is 78.5 cm³/mol. The van der Waals surface area contributed by atoms with Gasteiger partial charge in [0.1, 0.15) is 0 Å². The highest BCUT2D eigenvalue weighted by Gasteiger charge is 2.17. The van der Waals surface area contributed by atoms with Gasteiger partial charge >= 0.3 is 0 Å². The fourth-order valence-electron chi connectivity index (χ4n) is 2.18. The largest absolute Gasteiger partial charge is 0.388 e. The van der Waals surface area contributed by atoms with Crippen LogP contribution in [0.15, 0.2) is 18.2 Å². The van der Waals surface area contributed by atoms with Crippen LogP contribution in [0.5, 0.6) is 0 Å². The van der Waals surface area contributed by atoms with Gasteiger partial charge in [-0.2, -0.15) is 11.8 Å². The zero-order chi connectivity index (χ0) is 13.0. The molecule has 1 amide bonds. The van der Waals surface area contributed by atoms with Crippen LogP contribution in [0.3, 0.4) is 0 Å². The molecule has 0 saturated carbocycles. The van der Waals surface area contributed by atoms with E-state index >= 15 is 0 Å². The molecule has 1 aliphatic heterocycles. The molecule has 0 aromatic heterocycles. The average molecular weight is 264 g/mol. The predicted octanol–water partition coefficient (Wildman–Crippen LogP) is 2.66. The SMILES string of the molecule is CNc1ccc(C(=O)NCC2CCCS2)c(C)c1. The Hall–Kier alpha value is -1.16. The Morgan fingerprint density at radius 3 is 2.94 bits per heavy atom. The van der Waals surface area contributed by atoms with Crippen LogP contribution in [0, 0.1) is 6.92 Å². The van der Waals surface area contributed by atoms with Gasteiger partial charge in [-0.3, -0.25) is 4.79 Å². The highest BCUT2D eigenvalue weighted by Crippen LogP contribution is 2.25. The Bertz CT molecular complexity index is 428. The number of thioether (sulfide) groups is 1. The number of carbonyl (C=O) groups excluding carboxylic acids is 1. The minimum atomic E-state index is 0.0441. The van der Waals surface area contributed by atoms with E-state index in [4.69, 9.17) is 0 Å². The monoisotopic (exact) mass is 264 g/mol. The van der Waals surface area contributed by atoms with Crippen molar-refractivity contribution in [2.75, 3.05) is 24.7 Å². The molecule has 1 atom stereocenters. The summed E-state index contributed by atoms with van der Waals surface area (Å²) in [5.41, 5.74) is 2.82. The molecule has 1 fully saturated rings. The molecular weight excluding hydrogens is 244 g/mol. The van der Waals surface area contributed by atoms with Crippen LogP contribution in [0.1, 0.15) is 28.8 Å². The van der Waals surface area contributed by atoms with Crippen LogP contribution in [0.25, 0.3) is 0 Å². The van der Waals surface area contributed by atoms with E-state index in [1.54, 1.807) is 0 Å². The molecule has 1 saturated heterocycles. The molecule has 1 unspecified atom stereocenters. The second-order valence-electron chi connectivity index (χ2n) is 4.62. The molecule has 1 heterocycles. The third-order valence-corrected chi connectivity index (χ3v) is 4.67. The molecular formula is C14H20N2OS. The van der Waals surface area contributed by atoms with E-state index in [1.165, 1.54) is 18.6 Å². The highest BCUT2D eigenvalue weighted by molar-refractivity contribution is 8.00. The number of amides is 1. The minimum absolute atomic E-state index is 0.0441. The third-order valence-electron chi connectivity index (χ3n) is 3.27. The van der Waals surface area contributed by atoms with E-state index in [9.17, 15) is 4.79 Å². The molecule has 18 heavy (non-hydrogen) atoms. The maximum Gasteiger partial charge on any atom is 0.251 e. The van der Waals surface area contributed by atoms with E-state index < -0.39 is 0 Å². The number of benzene rings is 1. The van der Waals surface area contributed by atoms with E-state index in [0.29, 0.717) is 5.25 Å². The van der Waals surface area contributed by atoms with Gasteiger partial charge in [-0.1, -0.05) is 0 Å². The summed E-state index contributed by atoms with van der Waals surface area (Å²) in [5, 5.41) is 6.72. The summed E-state index contributed by atoms with van der Waals surface area (Å²) in [5.74, 6) is 1.28.